The largest absolute Gasteiger partial charge is 0.298 e. The summed E-state index contributed by atoms with van der Waals surface area (Å²) in [4.78, 5) is 2.80. The second kappa shape index (κ2) is 8.96. The van der Waals surface area contributed by atoms with Gasteiger partial charge in [-0.15, -0.1) is 0 Å². The third kappa shape index (κ3) is 5.30. The van der Waals surface area contributed by atoms with Gasteiger partial charge in [0, 0.05) is 5.54 Å². The molecule has 0 N–H and O–H groups in total. The highest BCUT2D eigenvalue weighted by Gasteiger charge is 2.32. The van der Waals surface area contributed by atoms with Gasteiger partial charge in [-0.1, -0.05) is 58.8 Å². The molecular weight excluding hydrogens is 218 g/mol. The molecule has 0 aromatic carbocycles. The summed E-state index contributed by atoms with van der Waals surface area (Å²) in [6, 6.07) is 0. The Bertz CT molecular complexity index is 196. The first-order valence-electron chi connectivity index (χ1n) is 8.48. The lowest BCUT2D eigenvalue weighted by molar-refractivity contribution is 0.107. The maximum absolute atomic E-state index is 2.80. The van der Waals surface area contributed by atoms with Crippen LogP contribution >= 0.6 is 0 Å². The molecule has 1 nitrogen and oxygen atoms in total. The molecule has 1 aliphatic heterocycles. The number of hydrogen-bond donors (Lipinski definition) is 0. The maximum Gasteiger partial charge on any atom is 0.0181 e. The van der Waals surface area contributed by atoms with Gasteiger partial charge in [0.2, 0.25) is 0 Å². The SMILES string of the molecule is CCCCCCC(C)(CCCCC)N1CCCC1. The first-order chi connectivity index (χ1) is 8.73. The van der Waals surface area contributed by atoms with Gasteiger partial charge in [-0.25, -0.2) is 0 Å². The summed E-state index contributed by atoms with van der Waals surface area (Å²) < 4.78 is 0. The molecule has 0 aromatic heterocycles. The monoisotopic (exact) mass is 253 g/mol. The van der Waals surface area contributed by atoms with Gasteiger partial charge < -0.3 is 0 Å². The van der Waals surface area contributed by atoms with Crippen molar-refractivity contribution in [3.8, 4) is 0 Å². The van der Waals surface area contributed by atoms with E-state index >= 15 is 0 Å². The van der Waals surface area contributed by atoms with E-state index in [4.69, 9.17) is 0 Å². The van der Waals surface area contributed by atoms with Crippen molar-refractivity contribution >= 4 is 0 Å². The summed E-state index contributed by atoms with van der Waals surface area (Å²) in [6.45, 7) is 9.88. The Hall–Kier alpha value is -0.0400. The Morgan fingerprint density at radius 2 is 1.28 bits per heavy atom. The normalized spacial score (nSPS) is 20.2. The average Bonchev–Trinajstić information content (AvgIpc) is 2.89. The van der Waals surface area contributed by atoms with E-state index in [0.29, 0.717) is 5.54 Å². The van der Waals surface area contributed by atoms with Crippen molar-refractivity contribution in [3.63, 3.8) is 0 Å². The Balaban J connectivity index is 2.39. The van der Waals surface area contributed by atoms with Gasteiger partial charge in [-0.3, -0.25) is 4.90 Å². The van der Waals surface area contributed by atoms with E-state index in [2.05, 4.69) is 25.7 Å². The summed E-state index contributed by atoms with van der Waals surface area (Å²) in [5.74, 6) is 0. The molecule has 1 heterocycles. The molecule has 0 radical (unpaired) electrons. The molecule has 0 bridgehead atoms. The summed E-state index contributed by atoms with van der Waals surface area (Å²) in [5.41, 5.74) is 0.513. The predicted octanol–water partition coefficient (Wildman–Crippen LogP) is 5.39. The summed E-state index contributed by atoms with van der Waals surface area (Å²) >= 11 is 0. The average molecular weight is 253 g/mol. The number of rotatable bonds is 10. The van der Waals surface area contributed by atoms with Crippen LogP contribution in [0.4, 0.5) is 0 Å². The second-order valence-electron chi connectivity index (χ2n) is 6.46. The molecule has 0 aromatic rings. The molecule has 1 atom stereocenters. The van der Waals surface area contributed by atoms with Gasteiger partial charge in [0.05, 0.1) is 0 Å². The lowest BCUT2D eigenvalue weighted by Crippen LogP contribution is -2.44. The van der Waals surface area contributed by atoms with Crippen molar-refractivity contribution in [2.75, 3.05) is 13.1 Å². The van der Waals surface area contributed by atoms with Gasteiger partial charge in [0.15, 0.2) is 0 Å². The van der Waals surface area contributed by atoms with Crippen LogP contribution in [0.5, 0.6) is 0 Å². The van der Waals surface area contributed by atoms with E-state index in [-0.39, 0.29) is 0 Å². The molecule has 1 fully saturated rings. The van der Waals surface area contributed by atoms with Crippen LogP contribution < -0.4 is 0 Å². The molecule has 18 heavy (non-hydrogen) atoms. The second-order valence-corrected chi connectivity index (χ2v) is 6.46. The maximum atomic E-state index is 2.80. The Kier molecular flexibility index (Phi) is 7.97. The molecule has 1 unspecified atom stereocenters. The van der Waals surface area contributed by atoms with E-state index in [1.54, 1.807) is 0 Å². The van der Waals surface area contributed by atoms with E-state index < -0.39 is 0 Å². The first kappa shape index (κ1) is 16.0. The third-order valence-corrected chi connectivity index (χ3v) is 4.76. The fraction of sp³-hybridized carbons (Fsp3) is 1.00. The van der Waals surface area contributed by atoms with Crippen molar-refractivity contribution < 1.29 is 0 Å². The lowest BCUT2D eigenvalue weighted by Gasteiger charge is -2.39. The van der Waals surface area contributed by atoms with Crippen LogP contribution in [0.25, 0.3) is 0 Å². The minimum Gasteiger partial charge on any atom is -0.298 e. The standard InChI is InChI=1S/C17H35N/c1-4-6-8-10-14-17(3,13-9-7-5-2)18-15-11-12-16-18/h4-16H2,1-3H3. The third-order valence-electron chi connectivity index (χ3n) is 4.76. The van der Waals surface area contributed by atoms with E-state index in [1.165, 1.54) is 83.7 Å². The molecule has 0 aliphatic carbocycles. The zero-order valence-electron chi connectivity index (χ0n) is 13.1. The Morgan fingerprint density at radius 1 is 0.778 bits per heavy atom. The van der Waals surface area contributed by atoms with Gasteiger partial charge in [-0.05, 0) is 45.7 Å². The Labute approximate surface area is 115 Å². The molecule has 1 rings (SSSR count). The van der Waals surface area contributed by atoms with Crippen LogP contribution in [0.1, 0.15) is 91.4 Å². The van der Waals surface area contributed by atoms with Gasteiger partial charge >= 0.3 is 0 Å². The quantitative estimate of drug-likeness (QED) is 0.472. The fourth-order valence-corrected chi connectivity index (χ4v) is 3.39. The zero-order valence-corrected chi connectivity index (χ0v) is 13.1. The molecule has 1 heteroatoms. The topological polar surface area (TPSA) is 3.24 Å². The summed E-state index contributed by atoms with van der Waals surface area (Å²) in [5, 5.41) is 0. The van der Waals surface area contributed by atoms with Crippen molar-refractivity contribution in [2.24, 2.45) is 0 Å². The predicted molar refractivity (Wildman–Crippen MR) is 82.1 cm³/mol. The van der Waals surface area contributed by atoms with E-state index in [9.17, 15) is 0 Å². The Morgan fingerprint density at radius 3 is 1.83 bits per heavy atom. The summed E-state index contributed by atoms with van der Waals surface area (Å²) in [7, 11) is 0. The number of nitrogens with zero attached hydrogens (tertiary/aromatic N) is 1. The first-order valence-corrected chi connectivity index (χ1v) is 8.48. The minimum absolute atomic E-state index is 0.513. The highest BCUT2D eigenvalue weighted by atomic mass is 15.2. The van der Waals surface area contributed by atoms with Crippen LogP contribution in [0, 0.1) is 0 Å². The molecule has 0 saturated carbocycles. The lowest BCUT2D eigenvalue weighted by atomic mass is 9.86. The number of unbranched alkanes of at least 4 members (excludes halogenated alkanes) is 5. The highest BCUT2D eigenvalue weighted by molar-refractivity contribution is 4.88. The van der Waals surface area contributed by atoms with Crippen LogP contribution in [0.15, 0.2) is 0 Å². The number of likely N-dealkylation sites (tertiary alicyclic amines) is 1. The minimum atomic E-state index is 0.513. The van der Waals surface area contributed by atoms with Crippen LogP contribution in [0.2, 0.25) is 0 Å². The van der Waals surface area contributed by atoms with Gasteiger partial charge in [-0.2, -0.15) is 0 Å². The molecule has 0 amide bonds. The van der Waals surface area contributed by atoms with Crippen LogP contribution in [-0.4, -0.2) is 23.5 Å². The van der Waals surface area contributed by atoms with Gasteiger partial charge in [0.25, 0.3) is 0 Å². The van der Waals surface area contributed by atoms with Crippen molar-refractivity contribution in [1.82, 2.24) is 4.90 Å². The van der Waals surface area contributed by atoms with Crippen LogP contribution in [-0.2, 0) is 0 Å². The van der Waals surface area contributed by atoms with Crippen molar-refractivity contribution in [1.29, 1.82) is 0 Å². The molecular formula is C17H35N. The smallest absolute Gasteiger partial charge is 0.0181 e. The number of hydrogen-bond acceptors (Lipinski definition) is 1. The highest BCUT2D eigenvalue weighted by Crippen LogP contribution is 2.31. The van der Waals surface area contributed by atoms with E-state index in [1.807, 2.05) is 0 Å². The van der Waals surface area contributed by atoms with Crippen molar-refractivity contribution in [3.05, 3.63) is 0 Å². The molecule has 108 valence electrons. The van der Waals surface area contributed by atoms with Gasteiger partial charge in [0.1, 0.15) is 0 Å². The molecule has 1 aliphatic rings. The molecule has 1 saturated heterocycles. The molecule has 0 spiro atoms. The zero-order chi connectivity index (χ0) is 13.3. The van der Waals surface area contributed by atoms with Crippen LogP contribution in [0.3, 0.4) is 0 Å². The van der Waals surface area contributed by atoms with E-state index in [0.717, 1.165) is 0 Å². The summed E-state index contributed by atoms with van der Waals surface area (Å²) in [6.07, 6.45) is 15.6. The fourth-order valence-electron chi connectivity index (χ4n) is 3.39. The van der Waals surface area contributed by atoms with Crippen molar-refractivity contribution in [2.45, 2.75) is 96.9 Å².